The monoisotopic (exact) mass is 671 g/mol. The highest BCUT2D eigenvalue weighted by Gasteiger charge is 2.31. The summed E-state index contributed by atoms with van der Waals surface area (Å²) in [6.45, 7) is 7.98. The number of anilines is 1. The first-order chi connectivity index (χ1) is 21.9. The summed E-state index contributed by atoms with van der Waals surface area (Å²) in [5, 5.41) is 5.47. The molecule has 0 aliphatic carbocycles. The van der Waals surface area contributed by atoms with Gasteiger partial charge in [0.2, 0.25) is 11.7 Å². The molecular weight excluding hydrogens is 641 g/mol. The fraction of sp³-hybridized carbons (Fsp3) is 0.265. The molecule has 0 radical (unpaired) electrons. The number of hydrogen-bond acceptors (Lipinski definition) is 4. The zero-order valence-corrected chi connectivity index (χ0v) is 26.9. The van der Waals surface area contributed by atoms with Gasteiger partial charge in [0.1, 0.15) is 35.1 Å². The maximum atomic E-state index is 15.0. The van der Waals surface area contributed by atoms with E-state index in [1.807, 2.05) is 20.8 Å². The van der Waals surface area contributed by atoms with E-state index in [2.05, 4.69) is 15.6 Å². The Kier molecular flexibility index (Phi) is 9.04. The van der Waals surface area contributed by atoms with E-state index in [4.69, 9.17) is 11.6 Å². The highest BCUT2D eigenvalue weighted by atomic mass is 35.5. The third-order valence-corrected chi connectivity index (χ3v) is 7.90. The Balaban J connectivity index is 1.46. The van der Waals surface area contributed by atoms with Crippen LogP contribution in [0.25, 0.3) is 27.7 Å². The Labute approximate surface area is 272 Å². The molecule has 246 valence electrons. The van der Waals surface area contributed by atoms with Crippen LogP contribution in [0.2, 0.25) is 5.02 Å². The molecular formula is C34H31ClF5N5O2. The molecule has 47 heavy (non-hydrogen) atoms. The largest absolute Gasteiger partial charge is 0.396 e. The summed E-state index contributed by atoms with van der Waals surface area (Å²) in [7, 11) is 1.49. The minimum Gasteiger partial charge on any atom is -0.331 e. The number of alkyl halides is 3. The number of carbonyl (C=O) groups is 2. The standard InChI is InChI=1S/C34H31ClF5N5O2/c1-18-14-25-31(42-26(44(25)5)17-34(38,39)40)29(35)28(18)20-8-7-13-45-23(20)10-11-24(45)32(47)19-15-21(36)30(22(37)16-19)43-27(46)9-6-12-41-33(2,3)4/h6-11,13-16,41H,12,17H2,1-5H3,(H,43,46)/b9-6+. The summed E-state index contributed by atoms with van der Waals surface area (Å²) < 4.78 is 72.4. The van der Waals surface area contributed by atoms with Gasteiger partial charge in [-0.2, -0.15) is 13.2 Å². The molecule has 0 aliphatic rings. The highest BCUT2D eigenvalue weighted by Crippen LogP contribution is 2.40. The lowest BCUT2D eigenvalue weighted by Crippen LogP contribution is -2.35. The van der Waals surface area contributed by atoms with Crippen LogP contribution in [0.3, 0.4) is 0 Å². The molecule has 7 nitrogen and oxygen atoms in total. The summed E-state index contributed by atoms with van der Waals surface area (Å²) in [5.74, 6) is -3.86. The number of hydrogen-bond donors (Lipinski definition) is 2. The van der Waals surface area contributed by atoms with Crippen LogP contribution in [0.1, 0.15) is 48.2 Å². The number of halogens is 6. The molecule has 0 bridgehead atoms. The van der Waals surface area contributed by atoms with Crippen LogP contribution >= 0.6 is 11.6 Å². The molecule has 3 heterocycles. The molecule has 0 fully saturated rings. The first kappa shape index (κ1) is 33.8. The number of imidazole rings is 1. The number of nitrogens with one attached hydrogen (secondary N) is 2. The van der Waals surface area contributed by atoms with E-state index in [0.29, 0.717) is 34.3 Å². The fourth-order valence-electron chi connectivity index (χ4n) is 5.33. The van der Waals surface area contributed by atoms with Gasteiger partial charge in [0.25, 0.3) is 0 Å². The molecule has 0 spiro atoms. The van der Waals surface area contributed by atoms with E-state index in [0.717, 1.165) is 18.2 Å². The minimum atomic E-state index is -4.46. The number of pyridine rings is 1. The number of benzene rings is 2. The zero-order valence-electron chi connectivity index (χ0n) is 26.1. The first-order valence-electron chi connectivity index (χ1n) is 14.5. The minimum absolute atomic E-state index is 0.0897. The van der Waals surface area contributed by atoms with Gasteiger partial charge in [0.05, 0.1) is 21.7 Å². The normalized spacial score (nSPS) is 12.5. The molecule has 0 aliphatic heterocycles. The average Bonchev–Trinajstić information content (AvgIpc) is 3.53. The lowest BCUT2D eigenvalue weighted by atomic mass is 9.99. The van der Waals surface area contributed by atoms with Gasteiger partial charge >= 0.3 is 6.18 Å². The van der Waals surface area contributed by atoms with Crippen molar-refractivity contribution >= 4 is 45.5 Å². The van der Waals surface area contributed by atoms with Crippen molar-refractivity contribution in [3.8, 4) is 11.1 Å². The van der Waals surface area contributed by atoms with E-state index in [-0.39, 0.29) is 33.2 Å². The zero-order chi connectivity index (χ0) is 34.4. The van der Waals surface area contributed by atoms with E-state index >= 15 is 8.78 Å². The molecule has 1 amide bonds. The van der Waals surface area contributed by atoms with E-state index in [1.165, 1.54) is 28.2 Å². The summed E-state index contributed by atoms with van der Waals surface area (Å²) >= 11 is 6.79. The van der Waals surface area contributed by atoms with Gasteiger partial charge in [-0.05, 0) is 69.7 Å². The Morgan fingerprint density at radius 3 is 2.34 bits per heavy atom. The summed E-state index contributed by atoms with van der Waals surface area (Å²) in [4.78, 5) is 30.0. The van der Waals surface area contributed by atoms with E-state index in [1.54, 1.807) is 37.4 Å². The van der Waals surface area contributed by atoms with Gasteiger partial charge < -0.3 is 19.6 Å². The van der Waals surface area contributed by atoms with Gasteiger partial charge in [-0.25, -0.2) is 13.8 Å². The second-order valence-electron chi connectivity index (χ2n) is 12.2. The van der Waals surface area contributed by atoms with Crippen LogP contribution in [0.15, 0.2) is 60.8 Å². The first-order valence-corrected chi connectivity index (χ1v) is 14.9. The van der Waals surface area contributed by atoms with Crippen molar-refractivity contribution in [1.29, 1.82) is 0 Å². The van der Waals surface area contributed by atoms with Crippen molar-refractivity contribution in [1.82, 2.24) is 19.3 Å². The second-order valence-corrected chi connectivity index (χ2v) is 12.6. The number of rotatable bonds is 8. The lowest BCUT2D eigenvalue weighted by molar-refractivity contribution is -0.128. The van der Waals surface area contributed by atoms with Crippen LogP contribution in [0.4, 0.5) is 27.6 Å². The van der Waals surface area contributed by atoms with Gasteiger partial charge in [0, 0.05) is 48.1 Å². The van der Waals surface area contributed by atoms with E-state index in [9.17, 15) is 22.8 Å². The van der Waals surface area contributed by atoms with Crippen LogP contribution < -0.4 is 10.6 Å². The van der Waals surface area contributed by atoms with Crippen molar-refractivity contribution in [2.24, 2.45) is 7.05 Å². The Bertz CT molecular complexity index is 2050. The second kappa shape index (κ2) is 12.6. The number of carbonyl (C=O) groups excluding carboxylic acids is 2. The van der Waals surface area contributed by atoms with Gasteiger partial charge in [-0.3, -0.25) is 9.59 Å². The highest BCUT2D eigenvalue weighted by molar-refractivity contribution is 6.38. The van der Waals surface area contributed by atoms with Crippen molar-refractivity contribution in [3.63, 3.8) is 0 Å². The predicted molar refractivity (Wildman–Crippen MR) is 172 cm³/mol. The molecule has 2 N–H and O–H groups in total. The maximum absolute atomic E-state index is 15.0. The summed E-state index contributed by atoms with van der Waals surface area (Å²) in [6.07, 6.45) is -1.40. The Hall–Kier alpha value is -4.55. The predicted octanol–water partition coefficient (Wildman–Crippen LogP) is 7.95. The molecule has 0 unspecified atom stereocenters. The number of nitrogens with zero attached hydrogens (tertiary/aromatic N) is 3. The third kappa shape index (κ3) is 7.08. The molecule has 3 aromatic heterocycles. The molecule has 13 heteroatoms. The van der Waals surface area contributed by atoms with Crippen molar-refractivity contribution in [2.75, 3.05) is 11.9 Å². The quantitative estimate of drug-likeness (QED) is 0.0997. The van der Waals surface area contributed by atoms with Crippen LogP contribution in [-0.4, -0.2) is 43.9 Å². The average molecular weight is 672 g/mol. The van der Waals surface area contributed by atoms with Crippen LogP contribution in [0.5, 0.6) is 0 Å². The van der Waals surface area contributed by atoms with Gasteiger partial charge in [-0.15, -0.1) is 0 Å². The van der Waals surface area contributed by atoms with E-state index < -0.39 is 41.6 Å². The van der Waals surface area contributed by atoms with Crippen molar-refractivity contribution in [3.05, 3.63) is 100 Å². The Morgan fingerprint density at radius 2 is 1.70 bits per heavy atom. The van der Waals surface area contributed by atoms with Crippen LogP contribution in [-0.2, 0) is 18.3 Å². The summed E-state index contributed by atoms with van der Waals surface area (Å²) in [6, 6.07) is 9.93. The van der Waals surface area contributed by atoms with Gasteiger partial charge in [0.15, 0.2) is 0 Å². The number of aromatic nitrogens is 3. The number of amides is 1. The molecule has 2 aromatic carbocycles. The number of fused-ring (bicyclic) bond motifs is 2. The third-order valence-electron chi connectivity index (χ3n) is 7.53. The topological polar surface area (TPSA) is 80.4 Å². The van der Waals surface area contributed by atoms with Crippen molar-refractivity contribution in [2.45, 2.75) is 45.8 Å². The molecule has 0 atom stereocenters. The maximum Gasteiger partial charge on any atom is 0.396 e. The molecule has 0 saturated heterocycles. The smallest absolute Gasteiger partial charge is 0.331 e. The number of ketones is 1. The van der Waals surface area contributed by atoms with Crippen LogP contribution in [0, 0.1) is 18.6 Å². The number of aryl methyl sites for hydroxylation is 2. The molecule has 5 rings (SSSR count). The van der Waals surface area contributed by atoms with Crippen molar-refractivity contribution < 1.29 is 31.5 Å². The summed E-state index contributed by atoms with van der Waals surface area (Å²) in [5.41, 5.74) is 1.84. The lowest BCUT2D eigenvalue weighted by Gasteiger charge is -2.18. The molecule has 0 saturated carbocycles. The molecule has 5 aromatic rings. The Morgan fingerprint density at radius 1 is 1.02 bits per heavy atom. The fourth-order valence-corrected chi connectivity index (χ4v) is 5.72. The SMILES string of the molecule is Cc1cc2c(nc(CC(F)(F)F)n2C)c(Cl)c1-c1cccn2c(C(=O)c3cc(F)c(NC(=O)/C=C/CNC(C)(C)C)c(F)c3)ccc12. The van der Waals surface area contributed by atoms with Gasteiger partial charge in [-0.1, -0.05) is 23.7 Å².